The lowest BCUT2D eigenvalue weighted by Crippen LogP contribution is -2.36. The number of rotatable bonds is 4. The van der Waals surface area contributed by atoms with E-state index >= 15 is 0 Å². The van der Waals surface area contributed by atoms with E-state index in [-0.39, 0.29) is 11.5 Å². The molecule has 0 N–H and O–H groups in total. The normalized spacial score (nSPS) is 11.5. The molecular formula is C16H20N6O2. The molecule has 24 heavy (non-hydrogen) atoms. The molecule has 1 aromatic heterocycles. The summed E-state index contributed by atoms with van der Waals surface area (Å²) in [6.45, 7) is 1.97. The van der Waals surface area contributed by atoms with Crippen LogP contribution >= 0.6 is 0 Å². The second-order valence-electron chi connectivity index (χ2n) is 5.62. The van der Waals surface area contributed by atoms with Crippen molar-refractivity contribution in [2.45, 2.75) is 6.92 Å². The van der Waals surface area contributed by atoms with Gasteiger partial charge in [-0.3, -0.25) is 13.9 Å². The Bertz CT molecular complexity index is 904. The highest BCUT2D eigenvalue weighted by molar-refractivity contribution is 5.65. The second-order valence-corrected chi connectivity index (χ2v) is 5.62. The summed E-state index contributed by atoms with van der Waals surface area (Å²) >= 11 is 0. The highest BCUT2D eigenvalue weighted by Crippen LogP contribution is 2.24. The van der Waals surface area contributed by atoms with Crippen molar-refractivity contribution in [1.82, 2.24) is 14.0 Å². The van der Waals surface area contributed by atoms with Crippen molar-refractivity contribution in [2.75, 3.05) is 14.1 Å². The van der Waals surface area contributed by atoms with Gasteiger partial charge in [0, 0.05) is 28.2 Å². The van der Waals surface area contributed by atoms with Crippen molar-refractivity contribution in [3.63, 3.8) is 0 Å². The van der Waals surface area contributed by atoms with E-state index in [1.807, 2.05) is 19.1 Å². The summed E-state index contributed by atoms with van der Waals surface area (Å²) in [6.07, 6.45) is 1.50. The number of aryl methyl sites for hydroxylation is 1. The number of benzene rings is 1. The Labute approximate surface area is 139 Å². The number of aromatic nitrogens is 2. The van der Waals surface area contributed by atoms with Gasteiger partial charge >= 0.3 is 5.69 Å². The van der Waals surface area contributed by atoms with Crippen LogP contribution in [0, 0.1) is 6.92 Å². The van der Waals surface area contributed by atoms with E-state index in [0.29, 0.717) is 5.69 Å². The van der Waals surface area contributed by atoms with Gasteiger partial charge in [-0.05, 0) is 19.1 Å². The number of nitrogens with zero attached hydrogens (tertiary/aromatic N) is 6. The minimum atomic E-state index is -0.542. The van der Waals surface area contributed by atoms with Crippen LogP contribution in [0.25, 0.3) is 0 Å². The summed E-state index contributed by atoms with van der Waals surface area (Å²) in [6, 6.07) is 7.40. The van der Waals surface area contributed by atoms with Crippen molar-refractivity contribution in [3.05, 3.63) is 50.7 Å². The fourth-order valence-corrected chi connectivity index (χ4v) is 1.94. The SMILES string of the molecule is Cc1ccc(N=Nc2c(/N=C/N(C)C)n(C)c(=O)n(C)c2=O)cc1. The van der Waals surface area contributed by atoms with Gasteiger partial charge in [0.2, 0.25) is 0 Å². The van der Waals surface area contributed by atoms with Crippen LogP contribution in [0.3, 0.4) is 0 Å². The Hall–Kier alpha value is -3.03. The molecule has 1 heterocycles. The maximum Gasteiger partial charge on any atom is 0.332 e. The van der Waals surface area contributed by atoms with Gasteiger partial charge in [0.25, 0.3) is 5.56 Å². The topological polar surface area (TPSA) is 84.3 Å². The van der Waals surface area contributed by atoms with Crippen LogP contribution in [-0.2, 0) is 14.1 Å². The predicted molar refractivity (Wildman–Crippen MR) is 94.1 cm³/mol. The maximum atomic E-state index is 12.4. The maximum absolute atomic E-state index is 12.4. The Morgan fingerprint density at radius 1 is 1.00 bits per heavy atom. The molecule has 8 heteroatoms. The standard InChI is InChI=1S/C16H20N6O2/c1-11-6-8-12(9-7-11)18-19-13-14(17-10-20(2)3)21(4)16(24)22(5)15(13)23/h6-10H,1-5H3/b17-10+,19-18?. The molecule has 8 nitrogen and oxygen atoms in total. The molecule has 0 saturated carbocycles. The molecule has 0 aliphatic heterocycles. The smallest absolute Gasteiger partial charge is 0.332 e. The molecule has 0 saturated heterocycles. The summed E-state index contributed by atoms with van der Waals surface area (Å²) in [5.74, 6) is 0.160. The van der Waals surface area contributed by atoms with Crippen molar-refractivity contribution in [1.29, 1.82) is 0 Å². The predicted octanol–water partition coefficient (Wildman–Crippen LogP) is 2.03. The first-order valence-electron chi connectivity index (χ1n) is 7.30. The average Bonchev–Trinajstić information content (AvgIpc) is 2.55. The molecule has 0 aliphatic rings. The minimum absolute atomic E-state index is 0.0123. The van der Waals surface area contributed by atoms with Gasteiger partial charge in [-0.1, -0.05) is 17.7 Å². The fourth-order valence-electron chi connectivity index (χ4n) is 1.94. The molecular weight excluding hydrogens is 308 g/mol. The summed E-state index contributed by atoms with van der Waals surface area (Å²) < 4.78 is 2.25. The number of aliphatic imine (C=N–C) groups is 1. The number of hydrogen-bond donors (Lipinski definition) is 0. The third-order valence-corrected chi connectivity index (χ3v) is 3.32. The zero-order valence-corrected chi connectivity index (χ0v) is 14.4. The van der Waals surface area contributed by atoms with Crippen LogP contribution in [0.4, 0.5) is 17.2 Å². The zero-order chi connectivity index (χ0) is 17.9. The van der Waals surface area contributed by atoms with Crippen molar-refractivity contribution in [2.24, 2.45) is 29.3 Å². The summed E-state index contributed by atoms with van der Waals surface area (Å²) in [5.41, 5.74) is 0.709. The van der Waals surface area contributed by atoms with E-state index in [4.69, 9.17) is 0 Å². The van der Waals surface area contributed by atoms with Crippen LogP contribution in [-0.4, -0.2) is 34.5 Å². The van der Waals surface area contributed by atoms with Crippen molar-refractivity contribution >= 4 is 23.5 Å². The van der Waals surface area contributed by atoms with Crippen LogP contribution in [0.15, 0.2) is 49.1 Å². The first-order valence-corrected chi connectivity index (χ1v) is 7.30. The highest BCUT2D eigenvalue weighted by atomic mass is 16.2. The largest absolute Gasteiger partial charge is 0.369 e. The van der Waals surface area contributed by atoms with Gasteiger partial charge in [0.1, 0.15) is 0 Å². The van der Waals surface area contributed by atoms with Gasteiger partial charge in [-0.25, -0.2) is 9.79 Å². The lowest BCUT2D eigenvalue weighted by atomic mass is 10.2. The van der Waals surface area contributed by atoms with E-state index in [2.05, 4.69) is 15.2 Å². The molecule has 2 rings (SSSR count). The van der Waals surface area contributed by atoms with Crippen LogP contribution < -0.4 is 11.2 Å². The molecule has 2 aromatic rings. The van der Waals surface area contributed by atoms with Gasteiger partial charge < -0.3 is 4.90 Å². The summed E-state index contributed by atoms with van der Waals surface area (Å²) in [4.78, 5) is 30.4. The van der Waals surface area contributed by atoms with Crippen molar-refractivity contribution < 1.29 is 0 Å². The summed E-state index contributed by atoms with van der Waals surface area (Å²) in [5, 5.41) is 8.13. The third-order valence-electron chi connectivity index (χ3n) is 3.32. The van der Waals surface area contributed by atoms with E-state index in [1.54, 1.807) is 31.1 Å². The minimum Gasteiger partial charge on any atom is -0.369 e. The van der Waals surface area contributed by atoms with Gasteiger partial charge in [0.15, 0.2) is 11.5 Å². The summed E-state index contributed by atoms with van der Waals surface area (Å²) in [7, 11) is 6.51. The molecule has 0 unspecified atom stereocenters. The molecule has 0 aliphatic carbocycles. The van der Waals surface area contributed by atoms with E-state index in [9.17, 15) is 9.59 Å². The van der Waals surface area contributed by atoms with Crippen LogP contribution in [0.1, 0.15) is 5.56 Å². The zero-order valence-electron chi connectivity index (χ0n) is 14.4. The lowest BCUT2D eigenvalue weighted by Gasteiger charge is -2.09. The average molecular weight is 328 g/mol. The lowest BCUT2D eigenvalue weighted by molar-refractivity contribution is 0.639. The van der Waals surface area contributed by atoms with Gasteiger partial charge in [-0.15, -0.1) is 5.11 Å². The Balaban J connectivity index is 2.60. The van der Waals surface area contributed by atoms with E-state index in [1.165, 1.54) is 25.0 Å². The van der Waals surface area contributed by atoms with E-state index in [0.717, 1.165) is 10.1 Å². The Morgan fingerprint density at radius 2 is 1.62 bits per heavy atom. The molecule has 0 spiro atoms. The Morgan fingerprint density at radius 3 is 2.21 bits per heavy atom. The van der Waals surface area contributed by atoms with Crippen molar-refractivity contribution in [3.8, 4) is 0 Å². The molecule has 0 amide bonds. The first-order chi connectivity index (χ1) is 11.3. The first kappa shape index (κ1) is 17.3. The number of azo groups is 1. The quantitative estimate of drug-likeness (QED) is 0.489. The number of hydrogen-bond acceptors (Lipinski definition) is 5. The molecule has 0 bridgehead atoms. The third kappa shape index (κ3) is 3.65. The molecule has 0 radical (unpaired) electrons. The monoisotopic (exact) mass is 328 g/mol. The van der Waals surface area contributed by atoms with Gasteiger partial charge in [-0.2, -0.15) is 5.11 Å². The van der Waals surface area contributed by atoms with Crippen LogP contribution in [0.2, 0.25) is 0 Å². The molecule has 1 aromatic carbocycles. The molecule has 0 atom stereocenters. The highest BCUT2D eigenvalue weighted by Gasteiger charge is 2.14. The molecule has 0 fully saturated rings. The molecule has 126 valence electrons. The fraction of sp³-hybridized carbons (Fsp3) is 0.312. The van der Waals surface area contributed by atoms with E-state index < -0.39 is 11.2 Å². The second kappa shape index (κ2) is 7.03. The van der Waals surface area contributed by atoms with Gasteiger partial charge in [0.05, 0.1) is 12.0 Å². The Kier molecular flexibility index (Phi) is 5.08. The van der Waals surface area contributed by atoms with Crippen LogP contribution in [0.5, 0.6) is 0 Å².